The van der Waals surface area contributed by atoms with Crippen LogP contribution < -0.4 is 15.2 Å². The predicted octanol–water partition coefficient (Wildman–Crippen LogP) is 4.40. The van der Waals surface area contributed by atoms with Gasteiger partial charge in [-0.3, -0.25) is 0 Å². The molecule has 0 bridgehead atoms. The van der Waals surface area contributed by atoms with E-state index < -0.39 is 14.2 Å². The summed E-state index contributed by atoms with van der Waals surface area (Å²) >= 11 is 0. The van der Waals surface area contributed by atoms with Crippen molar-refractivity contribution in [3.05, 3.63) is 48.5 Å². The molecule has 0 spiro atoms. The fraction of sp³-hybridized carbons (Fsp3) is 0.316. The van der Waals surface area contributed by atoms with Crippen LogP contribution in [0.4, 0.5) is 4.79 Å². The number of amides is 1. The first-order valence-corrected chi connectivity index (χ1v) is 11.5. The molecule has 2 aromatic rings. The molecule has 0 aromatic heterocycles. The summed E-state index contributed by atoms with van der Waals surface area (Å²) in [5.41, 5.74) is 2.02. The second-order valence-corrected chi connectivity index (χ2v) is 12.0. The summed E-state index contributed by atoms with van der Waals surface area (Å²) in [4.78, 5) is 12.2. The first-order valence-electron chi connectivity index (χ1n) is 7.96. The Bertz CT molecular complexity index is 676. The second kappa shape index (κ2) is 7.00. The molecule has 1 amide bonds. The molecular formula is C19H25NO2Si. The van der Waals surface area contributed by atoms with Crippen molar-refractivity contribution in [2.45, 2.75) is 39.5 Å². The van der Waals surface area contributed by atoms with Gasteiger partial charge in [-0.2, -0.15) is 0 Å². The van der Waals surface area contributed by atoms with E-state index in [1.54, 1.807) is 0 Å². The molecule has 0 aliphatic heterocycles. The second-order valence-electron chi connectivity index (χ2n) is 6.99. The Balaban J connectivity index is 2.52. The van der Waals surface area contributed by atoms with Gasteiger partial charge in [-0.05, 0) is 24.6 Å². The number of para-hydroxylation sites is 1. The maximum absolute atomic E-state index is 12.2. The molecule has 0 atom stereocenters. The van der Waals surface area contributed by atoms with Crippen LogP contribution in [0.2, 0.25) is 19.6 Å². The zero-order valence-corrected chi connectivity index (χ0v) is 15.5. The highest BCUT2D eigenvalue weighted by Crippen LogP contribution is 2.30. The Kier molecular flexibility index (Phi) is 5.26. The molecule has 0 radical (unpaired) electrons. The van der Waals surface area contributed by atoms with Gasteiger partial charge in [0.05, 0.1) is 8.07 Å². The number of benzene rings is 2. The number of rotatable bonds is 4. The molecule has 0 unspecified atom stereocenters. The van der Waals surface area contributed by atoms with E-state index in [1.807, 2.05) is 56.3 Å². The van der Waals surface area contributed by atoms with Crippen LogP contribution in [0, 0.1) is 0 Å². The van der Waals surface area contributed by atoms with Crippen molar-refractivity contribution < 1.29 is 9.53 Å². The highest BCUT2D eigenvalue weighted by molar-refractivity contribution is 6.89. The average molecular weight is 328 g/mol. The summed E-state index contributed by atoms with van der Waals surface area (Å²) in [6.45, 7) is 10.6. The molecule has 0 heterocycles. The van der Waals surface area contributed by atoms with Gasteiger partial charge < -0.3 is 10.1 Å². The lowest BCUT2D eigenvalue weighted by Gasteiger charge is -2.23. The highest BCUT2D eigenvalue weighted by Gasteiger charge is 2.25. The van der Waals surface area contributed by atoms with Crippen molar-refractivity contribution in [3.8, 4) is 16.9 Å². The van der Waals surface area contributed by atoms with Crippen molar-refractivity contribution in [2.24, 2.45) is 0 Å². The Labute approximate surface area is 139 Å². The third-order valence-corrected chi connectivity index (χ3v) is 5.52. The molecule has 1 N–H and O–H groups in total. The summed E-state index contributed by atoms with van der Waals surface area (Å²) in [7, 11) is -1.65. The fourth-order valence-electron chi connectivity index (χ4n) is 2.44. The Morgan fingerprint density at radius 2 is 1.65 bits per heavy atom. The van der Waals surface area contributed by atoms with Crippen LogP contribution in [0.15, 0.2) is 48.5 Å². The molecule has 122 valence electrons. The zero-order valence-electron chi connectivity index (χ0n) is 14.5. The quantitative estimate of drug-likeness (QED) is 0.846. The molecule has 0 saturated heterocycles. The zero-order chi connectivity index (χ0) is 17.0. The summed E-state index contributed by atoms with van der Waals surface area (Å²) in [5, 5.41) is 3.95. The van der Waals surface area contributed by atoms with Crippen LogP contribution in [-0.2, 0) is 0 Å². The number of hydrogen-bond acceptors (Lipinski definition) is 2. The van der Waals surface area contributed by atoms with Crippen LogP contribution in [-0.4, -0.2) is 20.2 Å². The SMILES string of the molecule is CC(C)NC(=O)Oc1c(-c2ccccc2)cccc1[Si](C)(C)C. The molecular weight excluding hydrogens is 302 g/mol. The van der Waals surface area contributed by atoms with E-state index in [-0.39, 0.29) is 6.04 Å². The van der Waals surface area contributed by atoms with E-state index in [1.165, 1.54) is 0 Å². The van der Waals surface area contributed by atoms with Gasteiger partial charge >= 0.3 is 6.09 Å². The smallest absolute Gasteiger partial charge is 0.410 e. The topological polar surface area (TPSA) is 38.3 Å². The molecule has 4 heteroatoms. The Hall–Kier alpha value is -2.07. The molecule has 0 saturated carbocycles. The van der Waals surface area contributed by atoms with Crippen LogP contribution >= 0.6 is 0 Å². The molecule has 0 fully saturated rings. The normalized spacial score (nSPS) is 11.4. The minimum atomic E-state index is -1.65. The van der Waals surface area contributed by atoms with Gasteiger partial charge in [0.2, 0.25) is 0 Å². The van der Waals surface area contributed by atoms with Crippen molar-refractivity contribution in [3.63, 3.8) is 0 Å². The third kappa shape index (κ3) is 4.45. The van der Waals surface area contributed by atoms with Gasteiger partial charge in [0.15, 0.2) is 0 Å². The van der Waals surface area contributed by atoms with E-state index in [2.05, 4.69) is 31.0 Å². The predicted molar refractivity (Wildman–Crippen MR) is 99.2 cm³/mol. The number of nitrogens with one attached hydrogen (secondary N) is 1. The average Bonchev–Trinajstić information content (AvgIpc) is 2.46. The summed E-state index contributed by atoms with van der Waals surface area (Å²) in [6.07, 6.45) is -0.400. The monoisotopic (exact) mass is 327 g/mol. The number of carbonyl (C=O) groups excluding carboxylic acids is 1. The van der Waals surface area contributed by atoms with Crippen molar-refractivity contribution in [1.82, 2.24) is 5.32 Å². The van der Waals surface area contributed by atoms with Crippen molar-refractivity contribution in [2.75, 3.05) is 0 Å². The minimum Gasteiger partial charge on any atom is -0.410 e. The summed E-state index contributed by atoms with van der Waals surface area (Å²) in [6, 6.07) is 16.2. The maximum Gasteiger partial charge on any atom is 0.412 e. The lowest BCUT2D eigenvalue weighted by Crippen LogP contribution is -2.41. The largest absolute Gasteiger partial charge is 0.412 e. The van der Waals surface area contributed by atoms with E-state index in [0.717, 1.165) is 16.3 Å². The number of hydrogen-bond donors (Lipinski definition) is 1. The van der Waals surface area contributed by atoms with Crippen LogP contribution in [0.3, 0.4) is 0 Å². The molecule has 0 aliphatic carbocycles. The Morgan fingerprint density at radius 1 is 1.00 bits per heavy atom. The Morgan fingerprint density at radius 3 is 2.22 bits per heavy atom. The molecule has 0 aliphatic rings. The first kappa shape index (κ1) is 17.3. The minimum absolute atomic E-state index is 0.0433. The lowest BCUT2D eigenvalue weighted by molar-refractivity contribution is 0.198. The highest BCUT2D eigenvalue weighted by atomic mass is 28.3. The van der Waals surface area contributed by atoms with E-state index in [0.29, 0.717) is 5.75 Å². The number of ether oxygens (including phenoxy) is 1. The van der Waals surface area contributed by atoms with Crippen LogP contribution in [0.25, 0.3) is 11.1 Å². The van der Waals surface area contributed by atoms with Crippen molar-refractivity contribution >= 4 is 19.4 Å². The molecule has 2 rings (SSSR count). The van der Waals surface area contributed by atoms with Crippen LogP contribution in [0.5, 0.6) is 5.75 Å². The van der Waals surface area contributed by atoms with Crippen molar-refractivity contribution in [1.29, 1.82) is 0 Å². The van der Waals surface area contributed by atoms with Crippen LogP contribution in [0.1, 0.15) is 13.8 Å². The van der Waals surface area contributed by atoms with E-state index >= 15 is 0 Å². The van der Waals surface area contributed by atoms with Gasteiger partial charge in [-0.1, -0.05) is 68.2 Å². The number of carbonyl (C=O) groups is 1. The standard InChI is InChI=1S/C19H25NO2Si/c1-14(2)20-19(21)22-18-16(15-10-7-6-8-11-15)12-9-13-17(18)23(3,4)5/h6-14H,1-5H3,(H,20,21). The van der Waals surface area contributed by atoms with Gasteiger partial charge in [0.25, 0.3) is 0 Å². The maximum atomic E-state index is 12.2. The van der Waals surface area contributed by atoms with E-state index in [4.69, 9.17) is 4.74 Å². The fourth-order valence-corrected chi connectivity index (χ4v) is 3.90. The lowest BCUT2D eigenvalue weighted by atomic mass is 10.0. The van der Waals surface area contributed by atoms with Gasteiger partial charge in [0, 0.05) is 11.6 Å². The van der Waals surface area contributed by atoms with E-state index in [9.17, 15) is 4.79 Å². The first-order chi connectivity index (χ1) is 10.8. The summed E-state index contributed by atoms with van der Waals surface area (Å²) in [5.74, 6) is 0.691. The van der Waals surface area contributed by atoms with Gasteiger partial charge in [-0.15, -0.1) is 0 Å². The molecule has 3 nitrogen and oxygen atoms in total. The summed E-state index contributed by atoms with van der Waals surface area (Å²) < 4.78 is 5.75. The van der Waals surface area contributed by atoms with Gasteiger partial charge in [-0.25, -0.2) is 4.79 Å². The molecule has 2 aromatic carbocycles. The molecule has 23 heavy (non-hydrogen) atoms. The van der Waals surface area contributed by atoms with Gasteiger partial charge in [0.1, 0.15) is 5.75 Å². The third-order valence-electron chi connectivity index (χ3n) is 3.51.